The van der Waals surface area contributed by atoms with Crippen molar-refractivity contribution >= 4 is 11.5 Å². The highest BCUT2D eigenvalue weighted by Crippen LogP contribution is 2.16. The normalized spacial score (nSPS) is 10.9. The van der Waals surface area contributed by atoms with Crippen molar-refractivity contribution in [1.82, 2.24) is 23.9 Å². The molecule has 0 aliphatic carbocycles. The number of anilines is 1. The summed E-state index contributed by atoms with van der Waals surface area (Å²) in [7, 11) is 1.84. The van der Waals surface area contributed by atoms with Crippen molar-refractivity contribution in [3.8, 4) is 5.82 Å². The Morgan fingerprint density at radius 1 is 1.18 bits per heavy atom. The minimum Gasteiger partial charge on any atom is -0.372 e. The molecule has 0 aliphatic heterocycles. The van der Waals surface area contributed by atoms with Crippen molar-refractivity contribution in [3.63, 3.8) is 0 Å². The van der Waals surface area contributed by atoms with Gasteiger partial charge < -0.3 is 9.72 Å². The highest BCUT2D eigenvalue weighted by atomic mass is 15.2. The summed E-state index contributed by atoms with van der Waals surface area (Å²) in [4.78, 5) is 13.0. The lowest BCUT2D eigenvalue weighted by atomic mass is 10.5. The second-order valence-electron chi connectivity index (χ2n) is 3.70. The van der Waals surface area contributed by atoms with E-state index in [0.717, 1.165) is 23.1 Å². The van der Waals surface area contributed by atoms with Crippen LogP contribution in [-0.2, 0) is 0 Å². The summed E-state index contributed by atoms with van der Waals surface area (Å²) in [5.74, 6) is 2.45. The van der Waals surface area contributed by atoms with Crippen LogP contribution in [0.25, 0.3) is 11.5 Å². The summed E-state index contributed by atoms with van der Waals surface area (Å²) in [5.41, 5.74) is 0.810. The second-order valence-corrected chi connectivity index (χ2v) is 3.70. The SMILES string of the molecule is CNc1cn2ccnc2c(-n2ccnc2C)n1. The van der Waals surface area contributed by atoms with E-state index in [4.69, 9.17) is 0 Å². The summed E-state index contributed by atoms with van der Waals surface area (Å²) in [5, 5.41) is 3.04. The molecule has 3 heterocycles. The van der Waals surface area contributed by atoms with E-state index in [1.807, 2.05) is 41.5 Å². The van der Waals surface area contributed by atoms with Crippen molar-refractivity contribution in [2.45, 2.75) is 6.92 Å². The Labute approximate surface area is 98.0 Å². The smallest absolute Gasteiger partial charge is 0.184 e. The van der Waals surface area contributed by atoms with Crippen LogP contribution in [0.5, 0.6) is 0 Å². The Hall–Kier alpha value is -2.37. The van der Waals surface area contributed by atoms with E-state index in [2.05, 4.69) is 20.3 Å². The van der Waals surface area contributed by atoms with Gasteiger partial charge >= 0.3 is 0 Å². The summed E-state index contributed by atoms with van der Waals surface area (Å²) in [6, 6.07) is 0. The summed E-state index contributed by atoms with van der Waals surface area (Å²) in [6.45, 7) is 1.94. The van der Waals surface area contributed by atoms with Gasteiger partial charge in [-0.1, -0.05) is 0 Å². The van der Waals surface area contributed by atoms with E-state index in [-0.39, 0.29) is 0 Å². The Kier molecular flexibility index (Phi) is 2.07. The molecule has 0 amide bonds. The van der Waals surface area contributed by atoms with E-state index >= 15 is 0 Å². The number of fused-ring (bicyclic) bond motifs is 1. The molecule has 17 heavy (non-hydrogen) atoms. The molecule has 0 saturated heterocycles. The van der Waals surface area contributed by atoms with Crippen molar-refractivity contribution in [2.75, 3.05) is 12.4 Å². The van der Waals surface area contributed by atoms with Gasteiger partial charge in [0.25, 0.3) is 0 Å². The molecular weight excluding hydrogens is 216 g/mol. The zero-order chi connectivity index (χ0) is 11.8. The number of aryl methyl sites for hydroxylation is 1. The van der Waals surface area contributed by atoms with Gasteiger partial charge in [-0.15, -0.1) is 0 Å². The van der Waals surface area contributed by atoms with Gasteiger partial charge in [-0.25, -0.2) is 15.0 Å². The van der Waals surface area contributed by atoms with Gasteiger partial charge in [-0.2, -0.15) is 0 Å². The third-order valence-electron chi connectivity index (χ3n) is 2.67. The van der Waals surface area contributed by atoms with Crippen LogP contribution in [0.15, 0.2) is 31.0 Å². The van der Waals surface area contributed by atoms with E-state index < -0.39 is 0 Å². The number of nitrogens with zero attached hydrogens (tertiary/aromatic N) is 5. The molecule has 0 unspecified atom stereocenters. The van der Waals surface area contributed by atoms with Crippen molar-refractivity contribution in [1.29, 1.82) is 0 Å². The number of nitrogens with one attached hydrogen (secondary N) is 1. The van der Waals surface area contributed by atoms with E-state index in [9.17, 15) is 0 Å². The molecule has 1 N–H and O–H groups in total. The van der Waals surface area contributed by atoms with E-state index in [1.54, 1.807) is 12.4 Å². The summed E-state index contributed by atoms with van der Waals surface area (Å²) in [6.07, 6.45) is 9.19. The maximum absolute atomic E-state index is 4.52. The Morgan fingerprint density at radius 3 is 2.71 bits per heavy atom. The summed E-state index contributed by atoms with van der Waals surface area (Å²) >= 11 is 0. The predicted molar refractivity (Wildman–Crippen MR) is 64.4 cm³/mol. The molecule has 0 bridgehead atoms. The molecule has 0 fully saturated rings. The van der Waals surface area contributed by atoms with Gasteiger partial charge in [-0.05, 0) is 6.92 Å². The monoisotopic (exact) mass is 228 g/mol. The van der Waals surface area contributed by atoms with Gasteiger partial charge in [-0.3, -0.25) is 4.57 Å². The van der Waals surface area contributed by atoms with Crippen molar-refractivity contribution < 1.29 is 0 Å². The zero-order valence-electron chi connectivity index (χ0n) is 9.62. The second kappa shape index (κ2) is 3.58. The Bertz CT molecular complexity index is 665. The first-order valence-corrected chi connectivity index (χ1v) is 5.31. The quantitative estimate of drug-likeness (QED) is 0.717. The molecule has 0 radical (unpaired) electrons. The Balaban J connectivity index is 2.34. The summed E-state index contributed by atoms with van der Waals surface area (Å²) < 4.78 is 3.86. The minimum absolute atomic E-state index is 0.775. The zero-order valence-corrected chi connectivity index (χ0v) is 9.62. The molecule has 86 valence electrons. The predicted octanol–water partition coefficient (Wildman–Crippen LogP) is 1.27. The van der Waals surface area contributed by atoms with Crippen LogP contribution >= 0.6 is 0 Å². The lowest BCUT2D eigenvalue weighted by Gasteiger charge is -2.08. The van der Waals surface area contributed by atoms with Crippen LogP contribution in [0.3, 0.4) is 0 Å². The third-order valence-corrected chi connectivity index (χ3v) is 2.67. The molecule has 0 spiro atoms. The highest BCUT2D eigenvalue weighted by molar-refractivity contribution is 5.58. The lowest BCUT2D eigenvalue weighted by molar-refractivity contribution is 0.921. The molecule has 3 aromatic rings. The first-order chi connectivity index (χ1) is 8.29. The molecule has 3 aromatic heterocycles. The van der Waals surface area contributed by atoms with Gasteiger partial charge in [0, 0.05) is 31.8 Å². The fourth-order valence-corrected chi connectivity index (χ4v) is 1.80. The first-order valence-electron chi connectivity index (χ1n) is 5.31. The molecule has 0 aliphatic rings. The van der Waals surface area contributed by atoms with Gasteiger partial charge in [0.15, 0.2) is 11.5 Å². The first kappa shape index (κ1) is 9.83. The number of hydrogen-bond acceptors (Lipinski definition) is 4. The standard InChI is InChI=1S/C11H12N6/c1-8-13-4-6-17(8)11-10-14-3-5-16(10)7-9(12-2)15-11/h3-7,12H,1-2H3. The van der Waals surface area contributed by atoms with E-state index in [0.29, 0.717) is 0 Å². The van der Waals surface area contributed by atoms with Crippen LogP contribution in [-0.4, -0.2) is 31.0 Å². The molecule has 3 rings (SSSR count). The largest absolute Gasteiger partial charge is 0.372 e. The molecule has 6 nitrogen and oxygen atoms in total. The molecule has 0 atom stereocenters. The van der Waals surface area contributed by atoms with Gasteiger partial charge in [0.2, 0.25) is 0 Å². The van der Waals surface area contributed by atoms with Crippen LogP contribution < -0.4 is 5.32 Å². The maximum atomic E-state index is 4.52. The van der Waals surface area contributed by atoms with E-state index in [1.165, 1.54) is 0 Å². The number of rotatable bonds is 2. The number of aromatic nitrogens is 5. The fourth-order valence-electron chi connectivity index (χ4n) is 1.80. The van der Waals surface area contributed by atoms with Crippen LogP contribution in [0, 0.1) is 6.92 Å². The van der Waals surface area contributed by atoms with Crippen LogP contribution in [0.2, 0.25) is 0 Å². The highest BCUT2D eigenvalue weighted by Gasteiger charge is 2.10. The maximum Gasteiger partial charge on any atom is 0.184 e. The van der Waals surface area contributed by atoms with Crippen molar-refractivity contribution in [2.24, 2.45) is 0 Å². The lowest BCUT2D eigenvalue weighted by Crippen LogP contribution is -2.05. The average Bonchev–Trinajstić information content (AvgIpc) is 2.95. The Morgan fingerprint density at radius 2 is 2.00 bits per heavy atom. The molecule has 6 heteroatoms. The van der Waals surface area contributed by atoms with Crippen LogP contribution in [0.4, 0.5) is 5.82 Å². The van der Waals surface area contributed by atoms with Gasteiger partial charge in [0.1, 0.15) is 11.6 Å². The third kappa shape index (κ3) is 1.45. The van der Waals surface area contributed by atoms with Crippen LogP contribution in [0.1, 0.15) is 5.82 Å². The minimum atomic E-state index is 0.775. The fraction of sp³-hybridized carbons (Fsp3) is 0.182. The number of hydrogen-bond donors (Lipinski definition) is 1. The average molecular weight is 228 g/mol. The van der Waals surface area contributed by atoms with Gasteiger partial charge in [0.05, 0.1) is 6.20 Å². The topological polar surface area (TPSA) is 60.0 Å². The number of imidazole rings is 2. The molecular formula is C11H12N6. The van der Waals surface area contributed by atoms with Crippen molar-refractivity contribution in [3.05, 3.63) is 36.8 Å². The molecule has 0 saturated carbocycles. The molecule has 0 aromatic carbocycles.